The van der Waals surface area contributed by atoms with E-state index in [2.05, 4.69) is 15.6 Å². The minimum absolute atomic E-state index is 0.0233. The van der Waals surface area contributed by atoms with Crippen LogP contribution in [0.2, 0.25) is 0 Å². The molecule has 0 fully saturated rings. The largest absolute Gasteiger partial charge is 0.321 e. The monoisotopic (exact) mass is 460 g/mol. The lowest BCUT2D eigenvalue weighted by atomic mass is 10.1. The zero-order valence-electron chi connectivity index (χ0n) is 18.6. The fraction of sp³-hybridized carbons (Fsp3) is 0.200. The molecule has 0 saturated heterocycles. The van der Waals surface area contributed by atoms with Gasteiger partial charge in [0.1, 0.15) is 10.6 Å². The number of anilines is 2. The molecule has 4 aromatic rings. The molecule has 2 aromatic carbocycles. The third-order valence-electron chi connectivity index (χ3n) is 5.38. The minimum atomic E-state index is -0.541. The first-order chi connectivity index (χ1) is 15.9. The highest BCUT2D eigenvalue weighted by atomic mass is 32.1. The molecule has 0 aliphatic heterocycles. The molecule has 0 saturated carbocycles. The Morgan fingerprint density at radius 3 is 2.48 bits per heavy atom. The molecular formula is C25H24N4O3S. The smallest absolute Gasteiger partial charge is 0.274 e. The molecule has 0 spiro atoms. The fourth-order valence-electron chi connectivity index (χ4n) is 3.54. The number of aryl methyl sites for hydroxylation is 2. The van der Waals surface area contributed by atoms with Crippen molar-refractivity contribution in [2.45, 2.75) is 33.6 Å². The maximum Gasteiger partial charge on any atom is 0.274 e. The number of fused-ring (bicyclic) bond motifs is 1. The highest BCUT2D eigenvalue weighted by molar-refractivity contribution is 7.19. The van der Waals surface area contributed by atoms with E-state index >= 15 is 0 Å². The Morgan fingerprint density at radius 2 is 1.76 bits per heavy atom. The van der Waals surface area contributed by atoms with Crippen LogP contribution in [-0.2, 0) is 6.42 Å². The number of nitrogens with one attached hydrogen (secondary N) is 2. The van der Waals surface area contributed by atoms with E-state index in [0.717, 1.165) is 28.9 Å². The van der Waals surface area contributed by atoms with Gasteiger partial charge in [-0.3, -0.25) is 14.4 Å². The van der Waals surface area contributed by atoms with E-state index in [4.69, 9.17) is 0 Å². The molecule has 2 N–H and O–H groups in total. The minimum Gasteiger partial charge on any atom is -0.321 e. The second-order valence-electron chi connectivity index (χ2n) is 7.76. The van der Waals surface area contributed by atoms with Gasteiger partial charge in [-0.05, 0) is 49.6 Å². The molecule has 168 valence electrons. The summed E-state index contributed by atoms with van der Waals surface area (Å²) in [5, 5.41) is 5.68. The van der Waals surface area contributed by atoms with Crippen molar-refractivity contribution in [1.29, 1.82) is 0 Å². The van der Waals surface area contributed by atoms with E-state index in [0.29, 0.717) is 28.5 Å². The Labute approximate surface area is 195 Å². The van der Waals surface area contributed by atoms with Crippen LogP contribution in [0.25, 0.3) is 4.96 Å². The summed E-state index contributed by atoms with van der Waals surface area (Å²) < 4.78 is 1.23. The van der Waals surface area contributed by atoms with E-state index in [1.54, 1.807) is 30.3 Å². The van der Waals surface area contributed by atoms with Crippen LogP contribution >= 0.6 is 11.3 Å². The van der Waals surface area contributed by atoms with Crippen LogP contribution < -0.4 is 16.2 Å². The van der Waals surface area contributed by atoms with Crippen molar-refractivity contribution in [3.05, 3.63) is 92.3 Å². The molecule has 2 aromatic heterocycles. The van der Waals surface area contributed by atoms with E-state index in [-0.39, 0.29) is 16.1 Å². The average Bonchev–Trinajstić information content (AvgIpc) is 3.18. The van der Waals surface area contributed by atoms with Gasteiger partial charge >= 0.3 is 0 Å². The zero-order chi connectivity index (χ0) is 23.5. The molecule has 2 amide bonds. The van der Waals surface area contributed by atoms with Crippen molar-refractivity contribution in [3.8, 4) is 0 Å². The van der Waals surface area contributed by atoms with Gasteiger partial charge in [0.25, 0.3) is 17.4 Å². The fourth-order valence-corrected chi connectivity index (χ4v) is 4.58. The Kier molecular flexibility index (Phi) is 6.37. The number of amides is 2. The van der Waals surface area contributed by atoms with E-state index in [1.807, 2.05) is 39.0 Å². The van der Waals surface area contributed by atoms with E-state index < -0.39 is 11.8 Å². The summed E-state index contributed by atoms with van der Waals surface area (Å²) in [4.78, 5) is 44.6. The van der Waals surface area contributed by atoms with Gasteiger partial charge in [0.2, 0.25) is 0 Å². The number of carbonyl (C=O) groups excluding carboxylic acids is 2. The van der Waals surface area contributed by atoms with Crippen LogP contribution in [0.4, 0.5) is 11.4 Å². The number of hydrogen-bond acceptors (Lipinski definition) is 5. The molecule has 33 heavy (non-hydrogen) atoms. The number of nitrogens with zero attached hydrogens (tertiary/aromatic N) is 2. The van der Waals surface area contributed by atoms with Crippen molar-refractivity contribution < 1.29 is 9.59 Å². The Bertz CT molecular complexity index is 1410. The van der Waals surface area contributed by atoms with Crippen LogP contribution in [0.5, 0.6) is 0 Å². The van der Waals surface area contributed by atoms with Crippen molar-refractivity contribution in [2.24, 2.45) is 0 Å². The molecule has 0 bridgehead atoms. The summed E-state index contributed by atoms with van der Waals surface area (Å²) in [6, 6.07) is 16.0. The van der Waals surface area contributed by atoms with Gasteiger partial charge in [0, 0.05) is 23.1 Å². The average molecular weight is 461 g/mol. The summed E-state index contributed by atoms with van der Waals surface area (Å²) in [5.74, 6) is -1.01. The Hall–Kier alpha value is -3.78. The first kappa shape index (κ1) is 22.4. The third kappa shape index (κ3) is 4.56. The molecular weight excluding hydrogens is 436 g/mol. The number of para-hydroxylation sites is 1. The quantitative estimate of drug-likeness (QED) is 0.431. The van der Waals surface area contributed by atoms with Gasteiger partial charge in [0.15, 0.2) is 4.96 Å². The van der Waals surface area contributed by atoms with Crippen molar-refractivity contribution in [2.75, 3.05) is 10.6 Å². The topological polar surface area (TPSA) is 92.6 Å². The number of benzene rings is 2. The van der Waals surface area contributed by atoms with E-state index in [1.165, 1.54) is 10.5 Å². The molecule has 0 aliphatic carbocycles. The SMILES string of the molecule is CCCc1cc(=O)n2c(C(=O)Nc3cccc(C)c3C)c(C(=O)Nc3ccccc3)sc2n1. The lowest BCUT2D eigenvalue weighted by Crippen LogP contribution is -2.25. The van der Waals surface area contributed by atoms with E-state index in [9.17, 15) is 14.4 Å². The number of carbonyl (C=O) groups is 2. The van der Waals surface area contributed by atoms with Crippen LogP contribution in [0, 0.1) is 13.8 Å². The lowest BCUT2D eigenvalue weighted by molar-refractivity contribution is 0.0989. The molecule has 4 rings (SSSR count). The Balaban J connectivity index is 1.83. The van der Waals surface area contributed by atoms with Gasteiger partial charge in [-0.15, -0.1) is 0 Å². The first-order valence-corrected chi connectivity index (χ1v) is 11.5. The standard InChI is InChI=1S/C25H24N4O3S/c1-4-9-18-14-20(30)29-21(23(31)28-19-13-8-10-15(2)16(19)3)22(33-25(29)27-18)24(32)26-17-11-6-5-7-12-17/h5-8,10-14H,4,9H2,1-3H3,(H,26,32)(H,28,31). The van der Waals surface area contributed by atoms with Gasteiger partial charge in [-0.2, -0.15) is 0 Å². The van der Waals surface area contributed by atoms with Crippen LogP contribution in [-0.4, -0.2) is 21.2 Å². The van der Waals surface area contributed by atoms with Gasteiger partial charge in [-0.1, -0.05) is 55.0 Å². The van der Waals surface area contributed by atoms with Crippen molar-refractivity contribution >= 4 is 39.5 Å². The second-order valence-corrected chi connectivity index (χ2v) is 8.73. The number of rotatable bonds is 6. The maximum absolute atomic E-state index is 13.4. The molecule has 0 atom stereocenters. The van der Waals surface area contributed by atoms with Crippen LogP contribution in [0.15, 0.2) is 59.4 Å². The highest BCUT2D eigenvalue weighted by Gasteiger charge is 2.27. The van der Waals surface area contributed by atoms with Gasteiger partial charge < -0.3 is 10.6 Å². The summed E-state index contributed by atoms with van der Waals surface area (Å²) in [7, 11) is 0. The predicted molar refractivity (Wildman–Crippen MR) is 132 cm³/mol. The van der Waals surface area contributed by atoms with Crippen LogP contribution in [0.3, 0.4) is 0 Å². The maximum atomic E-state index is 13.4. The number of hydrogen-bond donors (Lipinski definition) is 2. The molecule has 0 aliphatic rings. The van der Waals surface area contributed by atoms with Crippen molar-refractivity contribution in [1.82, 2.24) is 9.38 Å². The summed E-state index contributed by atoms with van der Waals surface area (Å²) in [6.45, 7) is 5.86. The first-order valence-electron chi connectivity index (χ1n) is 10.7. The number of aromatic nitrogens is 2. The van der Waals surface area contributed by atoms with Gasteiger partial charge in [-0.25, -0.2) is 9.38 Å². The second kappa shape index (κ2) is 9.38. The summed E-state index contributed by atoms with van der Waals surface area (Å²) in [6.07, 6.45) is 1.47. The van der Waals surface area contributed by atoms with Gasteiger partial charge in [0.05, 0.1) is 0 Å². The summed E-state index contributed by atoms with van der Waals surface area (Å²) >= 11 is 1.03. The highest BCUT2D eigenvalue weighted by Crippen LogP contribution is 2.25. The Morgan fingerprint density at radius 1 is 1.00 bits per heavy atom. The lowest BCUT2D eigenvalue weighted by Gasteiger charge is -2.11. The summed E-state index contributed by atoms with van der Waals surface area (Å²) in [5.41, 5.74) is 3.38. The molecule has 0 radical (unpaired) electrons. The molecule has 0 unspecified atom stereocenters. The third-order valence-corrected chi connectivity index (χ3v) is 6.42. The zero-order valence-corrected chi connectivity index (χ0v) is 19.5. The molecule has 2 heterocycles. The van der Waals surface area contributed by atoms with Crippen LogP contribution in [0.1, 0.15) is 50.3 Å². The predicted octanol–water partition coefficient (Wildman–Crippen LogP) is 4.83. The normalized spacial score (nSPS) is 10.9. The van der Waals surface area contributed by atoms with Crippen molar-refractivity contribution in [3.63, 3.8) is 0 Å². The molecule has 7 nitrogen and oxygen atoms in total. The number of thiazole rings is 1. The molecule has 8 heteroatoms.